The average Bonchev–Trinajstić information content (AvgIpc) is 3.81. The van der Waals surface area contributed by atoms with Crippen LogP contribution >= 0.6 is 0 Å². The van der Waals surface area contributed by atoms with Crippen LogP contribution in [0.15, 0.2) is 60.9 Å². The van der Waals surface area contributed by atoms with E-state index in [1.807, 2.05) is 77.9 Å². The third kappa shape index (κ3) is 7.47. The molecule has 254 valence electrons. The number of aliphatic hydroxyl groups is 2. The number of hydrogen-bond acceptors (Lipinski definition) is 8. The lowest BCUT2D eigenvalue weighted by Gasteiger charge is -2.27. The van der Waals surface area contributed by atoms with Gasteiger partial charge in [-0.25, -0.2) is 14.8 Å². The van der Waals surface area contributed by atoms with E-state index in [0.29, 0.717) is 30.9 Å². The van der Waals surface area contributed by atoms with Crippen LogP contribution in [-0.2, 0) is 14.3 Å². The van der Waals surface area contributed by atoms with Crippen LogP contribution < -0.4 is 0 Å². The largest absolute Gasteiger partial charge is 0.460 e. The second kappa shape index (κ2) is 12.9. The second-order valence-corrected chi connectivity index (χ2v) is 14.9. The molecule has 2 fully saturated rings. The maximum atomic E-state index is 12.9. The number of aromatic nitrogens is 4. The predicted octanol–water partition coefficient (Wildman–Crippen LogP) is 6.37. The van der Waals surface area contributed by atoms with E-state index in [1.54, 1.807) is 12.4 Å². The second-order valence-electron chi connectivity index (χ2n) is 14.9. The number of amides is 1. The lowest BCUT2D eigenvalue weighted by molar-refractivity contribution is -0.160. The average molecular weight is 656 g/mol. The summed E-state index contributed by atoms with van der Waals surface area (Å²) >= 11 is 0. The molecule has 1 saturated carbocycles. The van der Waals surface area contributed by atoms with Gasteiger partial charge in [-0.1, -0.05) is 48.5 Å². The number of β-amino-alcohol motifs (C(OH)–C–C–N with tert-alkyl or cyclic N) is 1. The highest BCUT2D eigenvalue weighted by atomic mass is 16.6. The van der Waals surface area contributed by atoms with Crippen molar-refractivity contribution in [2.75, 3.05) is 6.54 Å². The van der Waals surface area contributed by atoms with Crippen LogP contribution in [-0.4, -0.2) is 77.1 Å². The number of carbonyl (C=O) groups excluding carboxylic acids is 2. The van der Waals surface area contributed by atoms with Crippen molar-refractivity contribution in [2.24, 2.45) is 5.92 Å². The minimum Gasteiger partial charge on any atom is -0.460 e. The smallest absolute Gasteiger partial charge is 0.411 e. The zero-order valence-electron chi connectivity index (χ0n) is 28.4. The predicted molar refractivity (Wildman–Crippen MR) is 181 cm³/mol. The van der Waals surface area contributed by atoms with E-state index < -0.39 is 41.5 Å². The maximum absolute atomic E-state index is 12.9. The van der Waals surface area contributed by atoms with Gasteiger partial charge in [0.2, 0.25) is 0 Å². The fourth-order valence-corrected chi connectivity index (χ4v) is 6.56. The molecule has 3 heterocycles. The number of aliphatic hydroxyl groups excluding tert-OH is 2. The molecule has 5 atom stereocenters. The van der Waals surface area contributed by atoms with Gasteiger partial charge in [-0.05, 0) is 76.6 Å². The van der Waals surface area contributed by atoms with Crippen LogP contribution in [0, 0.1) is 5.92 Å². The van der Waals surface area contributed by atoms with Crippen molar-refractivity contribution in [3.63, 3.8) is 0 Å². The van der Waals surface area contributed by atoms with Crippen LogP contribution in [0.3, 0.4) is 0 Å². The molecule has 0 spiro atoms. The summed E-state index contributed by atoms with van der Waals surface area (Å²) in [6.07, 6.45) is 3.04. The number of H-pyrrole nitrogens is 2. The molecule has 6 rings (SSSR count). The Morgan fingerprint density at radius 3 is 1.75 bits per heavy atom. The van der Waals surface area contributed by atoms with Crippen molar-refractivity contribution in [1.82, 2.24) is 24.8 Å². The Morgan fingerprint density at radius 1 is 0.708 bits per heavy atom. The lowest BCUT2D eigenvalue weighted by atomic mass is 9.95. The fraction of sp³-hybridized carbons (Fsp3) is 0.459. The summed E-state index contributed by atoms with van der Waals surface area (Å²) in [5, 5.41) is 20.7. The number of carbonyl (C=O) groups is 2. The first kappa shape index (κ1) is 33.4. The van der Waals surface area contributed by atoms with Gasteiger partial charge in [0.25, 0.3) is 0 Å². The van der Waals surface area contributed by atoms with Gasteiger partial charge in [-0.2, -0.15) is 0 Å². The zero-order valence-corrected chi connectivity index (χ0v) is 28.4. The van der Waals surface area contributed by atoms with E-state index in [1.165, 1.54) is 4.90 Å². The number of nitrogens with zero attached hydrogens (tertiary/aromatic N) is 3. The zero-order chi connectivity index (χ0) is 34.4. The van der Waals surface area contributed by atoms with Crippen molar-refractivity contribution < 1.29 is 29.3 Å². The topological polar surface area (TPSA) is 154 Å². The summed E-state index contributed by atoms with van der Waals surface area (Å²) in [5.41, 5.74) is 4.43. The number of benzene rings is 2. The van der Waals surface area contributed by atoms with E-state index in [0.717, 1.165) is 33.6 Å². The Labute approximate surface area is 280 Å². The molecule has 0 radical (unpaired) electrons. The number of esters is 1. The Kier molecular flexibility index (Phi) is 8.95. The summed E-state index contributed by atoms with van der Waals surface area (Å²) < 4.78 is 11.2. The van der Waals surface area contributed by atoms with Crippen LogP contribution in [0.5, 0.6) is 0 Å². The molecule has 1 aliphatic heterocycles. The Balaban J connectivity index is 1.12. The van der Waals surface area contributed by atoms with Crippen LogP contribution in [0.4, 0.5) is 4.79 Å². The monoisotopic (exact) mass is 655 g/mol. The standard InChI is InChI=1S/C37H45N5O6/c1-36(2,3)47-34(45)28-16-25(43)15-27(28)32-38-18-29(40-32)23-11-7-21(8-12-23)22-9-13-24(14-10-22)30-19-39-33(41-30)31-17-26(44)20-42(31)35(46)48-37(4,5)6/h7-14,18-19,25-28,31,43-44H,15-17,20H2,1-6H3,(H,38,40)(H,39,41)/t25-,26-,27+,28?,31-/m0/s1. The van der Waals surface area contributed by atoms with Gasteiger partial charge >= 0.3 is 12.1 Å². The first-order valence-corrected chi connectivity index (χ1v) is 16.5. The van der Waals surface area contributed by atoms with Gasteiger partial charge in [0.15, 0.2) is 0 Å². The summed E-state index contributed by atoms with van der Waals surface area (Å²) in [4.78, 5) is 43.1. The third-order valence-corrected chi connectivity index (χ3v) is 8.74. The van der Waals surface area contributed by atoms with Crippen molar-refractivity contribution in [2.45, 2.75) is 96.2 Å². The van der Waals surface area contributed by atoms with Crippen LogP contribution in [0.25, 0.3) is 33.6 Å². The molecule has 4 aromatic rings. The summed E-state index contributed by atoms with van der Waals surface area (Å²) in [5.74, 6) is 0.309. The Bertz CT molecular complexity index is 1620. The number of ether oxygens (including phenoxy) is 2. The van der Waals surface area contributed by atoms with Gasteiger partial charge in [-0.3, -0.25) is 9.69 Å². The molecule has 1 unspecified atom stereocenters. The molecule has 1 saturated heterocycles. The minimum absolute atomic E-state index is 0.198. The first-order chi connectivity index (χ1) is 22.6. The molecular formula is C37H45N5O6. The lowest BCUT2D eigenvalue weighted by Crippen LogP contribution is -2.37. The molecule has 11 heteroatoms. The molecule has 1 amide bonds. The van der Waals surface area contributed by atoms with Crippen molar-refractivity contribution in [3.05, 3.63) is 72.6 Å². The van der Waals surface area contributed by atoms with E-state index >= 15 is 0 Å². The number of nitrogens with one attached hydrogen (secondary N) is 2. The first-order valence-electron chi connectivity index (χ1n) is 16.5. The number of rotatable bonds is 6. The van der Waals surface area contributed by atoms with E-state index in [2.05, 4.69) is 32.1 Å². The number of likely N-dealkylation sites (tertiary alicyclic amines) is 1. The summed E-state index contributed by atoms with van der Waals surface area (Å²) in [6.45, 7) is 11.2. The van der Waals surface area contributed by atoms with Crippen LogP contribution in [0.2, 0.25) is 0 Å². The number of hydrogen-bond donors (Lipinski definition) is 4. The van der Waals surface area contributed by atoms with Gasteiger partial charge in [0.1, 0.15) is 22.9 Å². The molecule has 11 nitrogen and oxygen atoms in total. The fourth-order valence-electron chi connectivity index (χ4n) is 6.56. The summed E-state index contributed by atoms with van der Waals surface area (Å²) in [7, 11) is 0. The molecule has 0 bridgehead atoms. The number of aromatic amines is 2. The maximum Gasteiger partial charge on any atom is 0.411 e. The molecular weight excluding hydrogens is 610 g/mol. The van der Waals surface area contributed by atoms with Gasteiger partial charge in [-0.15, -0.1) is 0 Å². The number of imidazole rings is 2. The molecule has 4 N–H and O–H groups in total. The van der Waals surface area contributed by atoms with Gasteiger partial charge in [0, 0.05) is 12.3 Å². The van der Waals surface area contributed by atoms with Crippen LogP contribution in [0.1, 0.15) is 84.4 Å². The van der Waals surface area contributed by atoms with E-state index in [-0.39, 0.29) is 18.4 Å². The quantitative estimate of drug-likeness (QED) is 0.175. The van der Waals surface area contributed by atoms with E-state index in [9.17, 15) is 19.8 Å². The van der Waals surface area contributed by atoms with Crippen molar-refractivity contribution in [3.8, 4) is 33.6 Å². The van der Waals surface area contributed by atoms with E-state index in [4.69, 9.17) is 9.47 Å². The Hall–Kier alpha value is -4.48. The molecule has 2 aromatic carbocycles. The SMILES string of the molecule is CC(C)(C)OC(=O)C1C[C@@H](O)C[C@H]1c1ncc(-c2ccc(-c3ccc(-c4cnc([C@@H]5C[C@H](O)CN5C(=O)OC(C)(C)C)[nH]4)cc3)cc2)[nH]1. The normalized spacial score (nSPS) is 23.0. The molecule has 1 aliphatic carbocycles. The van der Waals surface area contributed by atoms with Gasteiger partial charge in [0.05, 0.1) is 54.5 Å². The van der Waals surface area contributed by atoms with Crippen molar-refractivity contribution >= 4 is 12.1 Å². The summed E-state index contributed by atoms with van der Waals surface area (Å²) in [6, 6.07) is 15.9. The highest BCUT2D eigenvalue weighted by Crippen LogP contribution is 2.41. The van der Waals surface area contributed by atoms with Gasteiger partial charge < -0.3 is 29.7 Å². The Morgan fingerprint density at radius 2 is 1.21 bits per heavy atom. The highest BCUT2D eigenvalue weighted by Gasteiger charge is 2.43. The third-order valence-electron chi connectivity index (χ3n) is 8.74. The minimum atomic E-state index is -0.644. The highest BCUT2D eigenvalue weighted by molar-refractivity contribution is 5.75. The van der Waals surface area contributed by atoms with Crippen molar-refractivity contribution in [1.29, 1.82) is 0 Å². The molecule has 2 aromatic heterocycles. The molecule has 2 aliphatic rings. The molecule has 48 heavy (non-hydrogen) atoms.